The number of hydrogen-bond donors (Lipinski definition) is 1. The number of nitrogens with zero attached hydrogens (tertiary/aromatic N) is 3. The first kappa shape index (κ1) is 12.9. The van der Waals surface area contributed by atoms with Gasteiger partial charge in [-0.25, -0.2) is 9.97 Å². The molecule has 2 saturated carbocycles. The molecule has 104 valence electrons. The second-order valence-corrected chi connectivity index (χ2v) is 6.28. The van der Waals surface area contributed by atoms with E-state index < -0.39 is 0 Å². The fourth-order valence-corrected chi connectivity index (χ4v) is 3.11. The van der Waals surface area contributed by atoms with Gasteiger partial charge in [-0.1, -0.05) is 12.8 Å². The topological polar surface area (TPSA) is 49.2 Å². The van der Waals surface area contributed by atoms with E-state index in [1.165, 1.54) is 31.4 Å². The predicted octanol–water partition coefficient (Wildman–Crippen LogP) is 2.34. The molecular weight excluding hydrogens is 238 g/mol. The molecule has 0 amide bonds. The van der Waals surface area contributed by atoms with E-state index in [9.17, 15) is 5.11 Å². The van der Waals surface area contributed by atoms with Gasteiger partial charge >= 0.3 is 0 Å². The maximum absolute atomic E-state index is 9.41. The fraction of sp³-hybridized carbons (Fsp3) is 0.733. The summed E-state index contributed by atoms with van der Waals surface area (Å²) in [7, 11) is 2.03. The Bertz CT molecular complexity index is 439. The highest BCUT2D eigenvalue weighted by atomic mass is 16.3. The van der Waals surface area contributed by atoms with Crippen molar-refractivity contribution in [2.75, 3.05) is 25.1 Å². The van der Waals surface area contributed by atoms with Gasteiger partial charge in [0, 0.05) is 36.8 Å². The van der Waals surface area contributed by atoms with E-state index in [0.717, 1.165) is 25.3 Å². The molecule has 0 aliphatic heterocycles. The highest BCUT2D eigenvalue weighted by Gasteiger charge is 2.43. The van der Waals surface area contributed by atoms with E-state index in [2.05, 4.69) is 16.0 Å². The lowest BCUT2D eigenvalue weighted by molar-refractivity contribution is 0.215. The van der Waals surface area contributed by atoms with Crippen LogP contribution in [-0.4, -0.2) is 35.3 Å². The molecule has 0 bridgehead atoms. The summed E-state index contributed by atoms with van der Waals surface area (Å²) in [6.07, 6.45) is 9.31. The summed E-state index contributed by atoms with van der Waals surface area (Å²) in [5.74, 6) is 1.44. The lowest BCUT2D eigenvalue weighted by atomic mass is 10.0. The number of aromatic nitrogens is 2. The Hall–Kier alpha value is -1.16. The minimum absolute atomic E-state index is 0.113. The quantitative estimate of drug-likeness (QED) is 0.884. The van der Waals surface area contributed by atoms with Gasteiger partial charge in [-0.3, -0.25) is 0 Å². The number of hydrogen-bond acceptors (Lipinski definition) is 4. The van der Waals surface area contributed by atoms with Crippen LogP contribution in [-0.2, 0) is 0 Å². The summed E-state index contributed by atoms with van der Waals surface area (Å²) in [6.45, 7) is 1.14. The van der Waals surface area contributed by atoms with Crippen LogP contribution in [0.1, 0.15) is 50.1 Å². The Morgan fingerprint density at radius 2 is 2.11 bits per heavy atom. The molecule has 4 heteroatoms. The second-order valence-electron chi connectivity index (χ2n) is 6.28. The second kappa shape index (κ2) is 5.08. The van der Waals surface area contributed by atoms with Crippen molar-refractivity contribution >= 4 is 5.95 Å². The lowest BCUT2D eigenvalue weighted by Gasteiger charge is -2.23. The zero-order valence-corrected chi connectivity index (χ0v) is 11.7. The Morgan fingerprint density at radius 3 is 2.74 bits per heavy atom. The number of aliphatic hydroxyl groups excluding tert-OH is 1. The van der Waals surface area contributed by atoms with Gasteiger partial charge in [-0.2, -0.15) is 0 Å². The van der Waals surface area contributed by atoms with E-state index in [1.807, 2.05) is 13.2 Å². The largest absolute Gasteiger partial charge is 0.396 e. The molecule has 0 unspecified atom stereocenters. The van der Waals surface area contributed by atoms with Gasteiger partial charge in [0.25, 0.3) is 0 Å². The van der Waals surface area contributed by atoms with E-state index >= 15 is 0 Å². The van der Waals surface area contributed by atoms with Gasteiger partial charge in [0.2, 0.25) is 5.95 Å². The highest BCUT2D eigenvalue weighted by molar-refractivity contribution is 5.31. The maximum atomic E-state index is 9.41. The van der Waals surface area contributed by atoms with Crippen molar-refractivity contribution in [2.45, 2.75) is 44.4 Å². The van der Waals surface area contributed by atoms with Crippen molar-refractivity contribution < 1.29 is 5.11 Å². The summed E-state index contributed by atoms with van der Waals surface area (Å²) in [4.78, 5) is 11.2. The van der Waals surface area contributed by atoms with Crippen LogP contribution in [0.4, 0.5) is 5.95 Å². The van der Waals surface area contributed by atoms with Gasteiger partial charge in [0.15, 0.2) is 0 Å². The minimum Gasteiger partial charge on any atom is -0.396 e. The predicted molar refractivity (Wildman–Crippen MR) is 75.3 cm³/mol. The monoisotopic (exact) mass is 261 g/mol. The Kier molecular flexibility index (Phi) is 3.44. The summed E-state index contributed by atoms with van der Waals surface area (Å²) in [6, 6.07) is 2.06. The SMILES string of the molecule is CN(CC1(CO)CC1)c1nccc(C2CCCC2)n1. The summed E-state index contributed by atoms with van der Waals surface area (Å²) in [5.41, 5.74) is 1.31. The van der Waals surface area contributed by atoms with Crippen LogP contribution >= 0.6 is 0 Å². The summed E-state index contributed by atoms with van der Waals surface area (Å²) >= 11 is 0. The molecule has 0 radical (unpaired) electrons. The molecule has 0 saturated heterocycles. The molecule has 0 aromatic carbocycles. The van der Waals surface area contributed by atoms with Crippen molar-refractivity contribution in [1.29, 1.82) is 0 Å². The Morgan fingerprint density at radius 1 is 1.37 bits per heavy atom. The zero-order valence-electron chi connectivity index (χ0n) is 11.7. The molecule has 4 nitrogen and oxygen atoms in total. The number of anilines is 1. The molecule has 0 atom stereocenters. The third kappa shape index (κ3) is 2.73. The average Bonchev–Trinajstić information content (AvgIpc) is 3.01. The Labute approximate surface area is 114 Å². The first-order valence-corrected chi connectivity index (χ1v) is 7.37. The fourth-order valence-electron chi connectivity index (χ4n) is 3.11. The highest BCUT2D eigenvalue weighted by Crippen LogP contribution is 2.45. The number of aliphatic hydroxyl groups is 1. The van der Waals surface area contributed by atoms with Crippen molar-refractivity contribution in [3.63, 3.8) is 0 Å². The van der Waals surface area contributed by atoms with E-state index in [-0.39, 0.29) is 12.0 Å². The van der Waals surface area contributed by atoms with E-state index in [0.29, 0.717) is 5.92 Å². The molecule has 1 aromatic heterocycles. The third-order valence-corrected chi connectivity index (χ3v) is 4.64. The molecule has 1 heterocycles. The molecule has 2 aliphatic carbocycles. The van der Waals surface area contributed by atoms with E-state index in [1.54, 1.807) is 0 Å². The number of rotatable bonds is 5. The molecule has 2 aliphatic rings. The smallest absolute Gasteiger partial charge is 0.225 e. The first-order valence-electron chi connectivity index (χ1n) is 7.37. The van der Waals surface area contributed by atoms with Gasteiger partial charge in [-0.05, 0) is 31.7 Å². The third-order valence-electron chi connectivity index (χ3n) is 4.64. The van der Waals surface area contributed by atoms with Crippen LogP contribution < -0.4 is 4.90 Å². The average molecular weight is 261 g/mol. The molecule has 3 rings (SSSR count). The van der Waals surface area contributed by atoms with Crippen molar-refractivity contribution in [3.8, 4) is 0 Å². The van der Waals surface area contributed by atoms with Gasteiger partial charge in [-0.15, -0.1) is 0 Å². The van der Waals surface area contributed by atoms with Crippen LogP contribution in [0.2, 0.25) is 0 Å². The lowest BCUT2D eigenvalue weighted by Crippen LogP contribution is -2.30. The standard InChI is InChI=1S/C15H23N3O/c1-18(10-15(11-19)7-8-15)14-16-9-6-13(17-14)12-4-2-3-5-12/h6,9,12,19H,2-5,7-8,10-11H2,1H3. The van der Waals surface area contributed by atoms with Gasteiger partial charge in [0.05, 0.1) is 6.61 Å². The minimum atomic E-state index is 0.113. The summed E-state index contributed by atoms with van der Waals surface area (Å²) in [5, 5.41) is 9.41. The van der Waals surface area contributed by atoms with Gasteiger partial charge in [0.1, 0.15) is 0 Å². The molecule has 2 fully saturated rings. The molecule has 1 N–H and O–H groups in total. The van der Waals surface area contributed by atoms with Gasteiger partial charge < -0.3 is 10.0 Å². The van der Waals surface area contributed by atoms with Crippen LogP contribution in [0.5, 0.6) is 0 Å². The van der Waals surface area contributed by atoms with Crippen molar-refractivity contribution in [1.82, 2.24) is 9.97 Å². The molecular formula is C15H23N3O. The molecule has 0 spiro atoms. The van der Waals surface area contributed by atoms with Crippen LogP contribution in [0, 0.1) is 5.41 Å². The van der Waals surface area contributed by atoms with E-state index in [4.69, 9.17) is 4.98 Å². The van der Waals surface area contributed by atoms with Crippen LogP contribution in [0.15, 0.2) is 12.3 Å². The zero-order chi connectivity index (χ0) is 13.3. The maximum Gasteiger partial charge on any atom is 0.225 e. The summed E-state index contributed by atoms with van der Waals surface area (Å²) < 4.78 is 0. The molecule has 1 aromatic rings. The molecule has 19 heavy (non-hydrogen) atoms. The van der Waals surface area contributed by atoms with Crippen molar-refractivity contribution in [2.24, 2.45) is 5.41 Å². The van der Waals surface area contributed by atoms with Crippen LogP contribution in [0.3, 0.4) is 0 Å². The normalized spacial score (nSPS) is 21.6. The van der Waals surface area contributed by atoms with Crippen LogP contribution in [0.25, 0.3) is 0 Å². The first-order chi connectivity index (χ1) is 9.22. The Balaban J connectivity index is 1.71. The van der Waals surface area contributed by atoms with Crippen molar-refractivity contribution in [3.05, 3.63) is 18.0 Å².